The maximum Gasteiger partial charge on any atom is 0.254 e. The number of carbonyl (C=O) groups is 1. The first-order chi connectivity index (χ1) is 9.50. The zero-order valence-corrected chi connectivity index (χ0v) is 13.4. The van der Waals surface area contributed by atoms with Gasteiger partial charge in [-0.25, -0.2) is 0 Å². The molecule has 4 heteroatoms. The van der Waals surface area contributed by atoms with Gasteiger partial charge in [0.1, 0.15) is 5.00 Å². The van der Waals surface area contributed by atoms with E-state index in [9.17, 15) is 4.79 Å². The number of nitrogens with zero attached hydrogens (tertiary/aromatic N) is 1. The van der Waals surface area contributed by atoms with Gasteiger partial charge in [0.2, 0.25) is 0 Å². The first kappa shape index (κ1) is 14.9. The molecule has 0 aliphatic heterocycles. The topological polar surface area (TPSA) is 34.0 Å². The maximum atomic E-state index is 12.5. The molecule has 0 aromatic carbocycles. The number of amides is 1. The maximum absolute atomic E-state index is 12.5. The van der Waals surface area contributed by atoms with Crippen LogP contribution in [0.2, 0.25) is 0 Å². The van der Waals surface area contributed by atoms with Gasteiger partial charge in [0, 0.05) is 23.8 Å². The van der Waals surface area contributed by atoms with Crippen molar-refractivity contribution in [1.29, 1.82) is 0 Å². The number of rotatable bonds is 5. The number of carbonyl (C=O) groups excluding carboxylic acids is 1. The molecule has 0 spiro atoms. The number of aromatic nitrogens is 1. The smallest absolute Gasteiger partial charge is 0.254 e. The standard InChI is InChI=1S/C16H22N2OS/c1-11(2)7-8-17-15(19)14-12(3)13(4)20-16(14)18-9-5-6-10-18/h5-6,9-11H,7-8H2,1-4H3,(H,17,19). The van der Waals surface area contributed by atoms with Gasteiger partial charge in [-0.3, -0.25) is 4.79 Å². The van der Waals surface area contributed by atoms with Crippen molar-refractivity contribution in [2.45, 2.75) is 34.1 Å². The number of hydrogen-bond acceptors (Lipinski definition) is 2. The number of hydrogen-bond donors (Lipinski definition) is 1. The molecule has 1 amide bonds. The lowest BCUT2D eigenvalue weighted by Gasteiger charge is -2.09. The number of aryl methyl sites for hydroxylation is 1. The van der Waals surface area contributed by atoms with E-state index in [2.05, 4.69) is 26.1 Å². The summed E-state index contributed by atoms with van der Waals surface area (Å²) in [5.74, 6) is 0.640. The fraction of sp³-hybridized carbons (Fsp3) is 0.438. The molecule has 1 N–H and O–H groups in total. The second-order valence-electron chi connectivity index (χ2n) is 5.49. The molecule has 0 radical (unpaired) electrons. The molecule has 0 unspecified atom stereocenters. The highest BCUT2D eigenvalue weighted by Gasteiger charge is 2.20. The van der Waals surface area contributed by atoms with Crippen LogP contribution in [0.1, 0.15) is 41.1 Å². The Balaban J connectivity index is 2.24. The van der Waals surface area contributed by atoms with Crippen LogP contribution in [0.15, 0.2) is 24.5 Å². The summed E-state index contributed by atoms with van der Waals surface area (Å²) in [5, 5.41) is 4.05. The molecule has 0 atom stereocenters. The van der Waals surface area contributed by atoms with Gasteiger partial charge in [-0.1, -0.05) is 13.8 Å². The molecular formula is C16H22N2OS. The molecule has 108 valence electrons. The Morgan fingerprint density at radius 2 is 1.95 bits per heavy atom. The van der Waals surface area contributed by atoms with E-state index in [0.29, 0.717) is 5.92 Å². The lowest BCUT2D eigenvalue weighted by molar-refractivity contribution is 0.0952. The highest BCUT2D eigenvalue weighted by Crippen LogP contribution is 2.30. The zero-order chi connectivity index (χ0) is 14.7. The van der Waals surface area contributed by atoms with Crippen LogP contribution < -0.4 is 5.32 Å². The van der Waals surface area contributed by atoms with E-state index in [1.165, 1.54) is 4.88 Å². The summed E-state index contributed by atoms with van der Waals surface area (Å²) in [7, 11) is 0. The van der Waals surface area contributed by atoms with E-state index in [-0.39, 0.29) is 5.91 Å². The van der Waals surface area contributed by atoms with Gasteiger partial charge in [-0.2, -0.15) is 0 Å². The Morgan fingerprint density at radius 1 is 1.30 bits per heavy atom. The van der Waals surface area contributed by atoms with Gasteiger partial charge in [0.05, 0.1) is 5.56 Å². The van der Waals surface area contributed by atoms with E-state index in [1.54, 1.807) is 11.3 Å². The third-order valence-corrected chi connectivity index (χ3v) is 4.66. The first-order valence-corrected chi connectivity index (χ1v) is 7.84. The predicted molar refractivity (Wildman–Crippen MR) is 84.9 cm³/mol. The third kappa shape index (κ3) is 3.12. The molecule has 0 aliphatic rings. The molecule has 0 aliphatic carbocycles. The summed E-state index contributed by atoms with van der Waals surface area (Å²) in [6.45, 7) is 9.15. The average Bonchev–Trinajstić information content (AvgIpc) is 2.98. The van der Waals surface area contributed by atoms with Crippen LogP contribution in [-0.2, 0) is 0 Å². The number of nitrogens with one attached hydrogen (secondary N) is 1. The highest BCUT2D eigenvalue weighted by atomic mass is 32.1. The van der Waals surface area contributed by atoms with Crippen molar-refractivity contribution in [3.63, 3.8) is 0 Å². The van der Waals surface area contributed by atoms with Gasteiger partial charge in [0.15, 0.2) is 0 Å². The van der Waals surface area contributed by atoms with Crippen LogP contribution in [0.3, 0.4) is 0 Å². The minimum Gasteiger partial charge on any atom is -0.352 e. The van der Waals surface area contributed by atoms with Crippen molar-refractivity contribution in [3.8, 4) is 5.00 Å². The first-order valence-electron chi connectivity index (χ1n) is 7.02. The molecule has 2 rings (SSSR count). The van der Waals surface area contributed by atoms with Crippen LogP contribution in [0.25, 0.3) is 5.00 Å². The molecular weight excluding hydrogens is 268 g/mol. The van der Waals surface area contributed by atoms with Gasteiger partial charge in [0.25, 0.3) is 5.91 Å². The largest absolute Gasteiger partial charge is 0.352 e. The summed E-state index contributed by atoms with van der Waals surface area (Å²) in [4.78, 5) is 13.7. The van der Waals surface area contributed by atoms with E-state index in [1.807, 2.05) is 36.0 Å². The van der Waals surface area contributed by atoms with E-state index in [4.69, 9.17) is 0 Å². The van der Waals surface area contributed by atoms with Crippen LogP contribution in [0.4, 0.5) is 0 Å². The minimum atomic E-state index is 0.0381. The summed E-state index contributed by atoms with van der Waals surface area (Å²) in [6, 6.07) is 3.95. The Morgan fingerprint density at radius 3 is 2.55 bits per heavy atom. The van der Waals surface area contributed by atoms with Crippen LogP contribution in [0, 0.1) is 19.8 Å². The van der Waals surface area contributed by atoms with Crippen LogP contribution >= 0.6 is 11.3 Å². The summed E-state index contributed by atoms with van der Waals surface area (Å²) < 4.78 is 2.02. The monoisotopic (exact) mass is 290 g/mol. The lowest BCUT2D eigenvalue weighted by atomic mass is 10.1. The van der Waals surface area contributed by atoms with Gasteiger partial charge in [-0.05, 0) is 43.9 Å². The van der Waals surface area contributed by atoms with Crippen LogP contribution in [0.5, 0.6) is 0 Å². The van der Waals surface area contributed by atoms with E-state index >= 15 is 0 Å². The molecule has 0 fully saturated rings. The molecule has 0 bridgehead atoms. The molecule has 3 nitrogen and oxygen atoms in total. The normalized spacial score (nSPS) is 11.1. The Labute approximate surface area is 124 Å². The van der Waals surface area contributed by atoms with Gasteiger partial charge < -0.3 is 9.88 Å². The number of thiophene rings is 1. The molecule has 0 saturated heterocycles. The molecule has 2 heterocycles. The fourth-order valence-corrected chi connectivity index (χ4v) is 3.21. The third-order valence-electron chi connectivity index (χ3n) is 3.44. The van der Waals surface area contributed by atoms with Crippen molar-refractivity contribution in [1.82, 2.24) is 9.88 Å². The van der Waals surface area contributed by atoms with Crippen molar-refractivity contribution in [3.05, 3.63) is 40.5 Å². The van der Waals surface area contributed by atoms with E-state index in [0.717, 1.165) is 29.1 Å². The second-order valence-corrected chi connectivity index (χ2v) is 6.70. The molecule has 20 heavy (non-hydrogen) atoms. The van der Waals surface area contributed by atoms with E-state index < -0.39 is 0 Å². The van der Waals surface area contributed by atoms with Gasteiger partial charge in [-0.15, -0.1) is 11.3 Å². The average molecular weight is 290 g/mol. The molecule has 2 aromatic rings. The molecule has 0 saturated carbocycles. The zero-order valence-electron chi connectivity index (χ0n) is 12.6. The van der Waals surface area contributed by atoms with Crippen molar-refractivity contribution < 1.29 is 4.79 Å². The SMILES string of the molecule is Cc1sc(-n2cccc2)c(C(=O)NCCC(C)C)c1C. The quantitative estimate of drug-likeness (QED) is 0.889. The fourth-order valence-electron chi connectivity index (χ4n) is 2.09. The Hall–Kier alpha value is -1.55. The van der Waals surface area contributed by atoms with Crippen molar-refractivity contribution in [2.75, 3.05) is 6.54 Å². The lowest BCUT2D eigenvalue weighted by Crippen LogP contribution is -2.26. The summed E-state index contributed by atoms with van der Waals surface area (Å²) in [6.07, 6.45) is 4.97. The Bertz CT molecular complexity index is 582. The van der Waals surface area contributed by atoms with Crippen LogP contribution in [-0.4, -0.2) is 17.0 Å². The second kappa shape index (κ2) is 6.27. The van der Waals surface area contributed by atoms with Crippen molar-refractivity contribution >= 4 is 17.2 Å². The highest BCUT2D eigenvalue weighted by molar-refractivity contribution is 7.15. The predicted octanol–water partition coefficient (Wildman–Crippen LogP) is 3.93. The summed E-state index contributed by atoms with van der Waals surface area (Å²) in [5.41, 5.74) is 1.90. The molecule has 2 aromatic heterocycles. The Kier molecular flexibility index (Phi) is 4.65. The minimum absolute atomic E-state index is 0.0381. The van der Waals surface area contributed by atoms with Gasteiger partial charge >= 0.3 is 0 Å². The van der Waals surface area contributed by atoms with Crippen molar-refractivity contribution in [2.24, 2.45) is 5.92 Å². The summed E-state index contributed by atoms with van der Waals surface area (Å²) >= 11 is 1.67.